The second-order valence-corrected chi connectivity index (χ2v) is 10.2. The molecule has 0 saturated heterocycles. The molecule has 4 rings (SSSR count). The van der Waals surface area contributed by atoms with Crippen LogP contribution in [0.15, 0.2) is 36.4 Å². The molecule has 2 aromatic carbocycles. The first kappa shape index (κ1) is 23.6. The highest BCUT2D eigenvalue weighted by molar-refractivity contribution is 7.16. The molecule has 1 aromatic heterocycles. The van der Waals surface area contributed by atoms with Crippen molar-refractivity contribution >= 4 is 28.1 Å². The van der Waals surface area contributed by atoms with E-state index in [1.54, 1.807) is 18.4 Å². The molecule has 1 atom stereocenters. The van der Waals surface area contributed by atoms with E-state index in [2.05, 4.69) is 17.7 Å². The Morgan fingerprint density at radius 1 is 1.27 bits per heavy atom. The molecule has 1 fully saturated rings. The first-order valence-electron chi connectivity index (χ1n) is 11.2. The van der Waals surface area contributed by atoms with Gasteiger partial charge in [-0.3, -0.25) is 0 Å². The maximum Gasteiger partial charge on any atom is 0.187 e. The highest BCUT2D eigenvalue weighted by atomic mass is 35.5. The first-order valence-corrected chi connectivity index (χ1v) is 12.4. The number of aryl methyl sites for hydroxylation is 2. The molecule has 0 N–H and O–H groups in total. The van der Waals surface area contributed by atoms with E-state index in [0.29, 0.717) is 17.5 Å². The molecule has 1 aliphatic rings. The molecular formula is C27H28ClFN2OS. The third kappa shape index (κ3) is 5.03. The van der Waals surface area contributed by atoms with Gasteiger partial charge in [-0.25, -0.2) is 9.37 Å². The fourth-order valence-electron chi connectivity index (χ4n) is 4.40. The highest BCUT2D eigenvalue weighted by Crippen LogP contribution is 2.43. The van der Waals surface area contributed by atoms with Crippen molar-refractivity contribution in [2.45, 2.75) is 45.6 Å². The van der Waals surface area contributed by atoms with Crippen LogP contribution in [0.4, 0.5) is 9.52 Å². The van der Waals surface area contributed by atoms with Crippen LogP contribution in [0.2, 0.25) is 5.02 Å². The summed E-state index contributed by atoms with van der Waals surface area (Å²) in [5, 5.41) is 1.46. The molecule has 1 heterocycles. The Kier molecular flexibility index (Phi) is 7.26. The second-order valence-electron chi connectivity index (χ2n) is 8.63. The standard InChI is InChI=1S/C27H28ClFN2OS/c1-5-13-31(24(15-19-7-6-8-19)20-9-11-21(29)12-10-20)27-30-26(18(3)33-27)22-14-17(2)25(32-4)16-23(22)28/h1,9-12,14,16,19,24H,6-8,13,15H2,2-4H3. The molecule has 172 valence electrons. The summed E-state index contributed by atoms with van der Waals surface area (Å²) in [4.78, 5) is 8.28. The fourth-order valence-corrected chi connectivity index (χ4v) is 5.62. The summed E-state index contributed by atoms with van der Waals surface area (Å²) >= 11 is 8.22. The van der Waals surface area contributed by atoms with E-state index in [4.69, 9.17) is 27.7 Å². The zero-order valence-electron chi connectivity index (χ0n) is 19.2. The minimum absolute atomic E-state index is 0.0402. The normalized spacial score (nSPS) is 14.4. The molecule has 33 heavy (non-hydrogen) atoms. The summed E-state index contributed by atoms with van der Waals surface area (Å²) in [6, 6.07) is 10.7. The van der Waals surface area contributed by atoms with Gasteiger partial charge in [0.2, 0.25) is 0 Å². The molecular weight excluding hydrogens is 455 g/mol. The molecule has 1 aliphatic carbocycles. The summed E-state index contributed by atoms with van der Waals surface area (Å²) < 4.78 is 19.1. The minimum atomic E-state index is -0.235. The zero-order valence-corrected chi connectivity index (χ0v) is 20.8. The topological polar surface area (TPSA) is 25.4 Å². The van der Waals surface area contributed by atoms with Gasteiger partial charge in [-0.1, -0.05) is 48.9 Å². The molecule has 0 aliphatic heterocycles. The molecule has 0 amide bonds. The number of aromatic nitrogens is 1. The number of nitrogens with zero attached hydrogens (tertiary/aromatic N) is 2. The van der Waals surface area contributed by atoms with Crippen LogP contribution in [0.25, 0.3) is 11.3 Å². The van der Waals surface area contributed by atoms with Gasteiger partial charge in [-0.2, -0.15) is 0 Å². The van der Waals surface area contributed by atoms with Gasteiger partial charge in [0.15, 0.2) is 5.13 Å². The molecule has 0 bridgehead atoms. The van der Waals surface area contributed by atoms with Crippen LogP contribution in [0.1, 0.15) is 47.7 Å². The summed E-state index contributed by atoms with van der Waals surface area (Å²) in [6.45, 7) is 4.48. The van der Waals surface area contributed by atoms with Crippen LogP contribution >= 0.6 is 22.9 Å². The lowest BCUT2D eigenvalue weighted by atomic mass is 9.79. The average Bonchev–Trinajstić information content (AvgIpc) is 3.15. The van der Waals surface area contributed by atoms with E-state index >= 15 is 0 Å². The van der Waals surface area contributed by atoms with Gasteiger partial charge in [0.1, 0.15) is 11.6 Å². The van der Waals surface area contributed by atoms with E-state index in [0.717, 1.165) is 44.6 Å². The van der Waals surface area contributed by atoms with Gasteiger partial charge in [-0.05, 0) is 61.6 Å². The van der Waals surface area contributed by atoms with Crippen LogP contribution in [-0.2, 0) is 0 Å². The Morgan fingerprint density at radius 2 is 2.00 bits per heavy atom. The fraction of sp³-hybridized carbons (Fsp3) is 0.370. The monoisotopic (exact) mass is 482 g/mol. The Hall–Kier alpha value is -2.55. The number of thiazole rings is 1. The lowest BCUT2D eigenvalue weighted by Gasteiger charge is -2.36. The van der Waals surface area contributed by atoms with Crippen LogP contribution in [0.5, 0.6) is 5.75 Å². The molecule has 6 heteroatoms. The summed E-state index contributed by atoms with van der Waals surface area (Å²) in [7, 11) is 1.64. The Morgan fingerprint density at radius 3 is 2.61 bits per heavy atom. The second kappa shape index (κ2) is 10.2. The number of rotatable bonds is 8. The minimum Gasteiger partial charge on any atom is -0.496 e. The maximum absolute atomic E-state index is 13.7. The SMILES string of the molecule is C#CCN(c1nc(-c2cc(C)c(OC)cc2Cl)c(C)s1)C(CC1CCC1)c1ccc(F)cc1. The third-order valence-electron chi connectivity index (χ3n) is 6.44. The first-order chi connectivity index (χ1) is 15.9. The average molecular weight is 483 g/mol. The number of terminal acetylenes is 1. The van der Waals surface area contributed by atoms with Gasteiger partial charge in [0.25, 0.3) is 0 Å². The summed E-state index contributed by atoms with van der Waals surface area (Å²) in [6.07, 6.45) is 10.5. The molecule has 0 spiro atoms. The van der Waals surface area contributed by atoms with Crippen molar-refractivity contribution in [1.29, 1.82) is 0 Å². The van der Waals surface area contributed by atoms with E-state index in [9.17, 15) is 4.39 Å². The van der Waals surface area contributed by atoms with Crippen molar-refractivity contribution in [3.63, 3.8) is 0 Å². The number of benzene rings is 2. The third-order valence-corrected chi connectivity index (χ3v) is 7.77. The summed E-state index contributed by atoms with van der Waals surface area (Å²) in [5.74, 6) is 3.99. The predicted octanol–water partition coefficient (Wildman–Crippen LogP) is 7.60. The lowest BCUT2D eigenvalue weighted by Crippen LogP contribution is -2.32. The number of halogens is 2. The van der Waals surface area contributed by atoms with Crippen molar-refractivity contribution in [2.75, 3.05) is 18.6 Å². The Balaban J connectivity index is 1.75. The number of methoxy groups -OCH3 is 1. The predicted molar refractivity (Wildman–Crippen MR) is 136 cm³/mol. The summed E-state index contributed by atoms with van der Waals surface area (Å²) in [5.41, 5.74) is 3.80. The van der Waals surface area contributed by atoms with Gasteiger partial charge in [0.05, 0.1) is 30.4 Å². The van der Waals surface area contributed by atoms with Crippen molar-refractivity contribution < 1.29 is 9.13 Å². The number of anilines is 1. The highest BCUT2D eigenvalue weighted by Gasteiger charge is 2.29. The van der Waals surface area contributed by atoms with Crippen molar-refractivity contribution in [3.05, 3.63) is 63.2 Å². The maximum atomic E-state index is 13.7. The van der Waals surface area contributed by atoms with E-state index in [1.807, 2.05) is 31.2 Å². The molecule has 3 nitrogen and oxygen atoms in total. The number of ether oxygens (including phenoxy) is 1. The van der Waals surface area contributed by atoms with E-state index < -0.39 is 0 Å². The van der Waals surface area contributed by atoms with E-state index in [-0.39, 0.29) is 11.9 Å². The lowest BCUT2D eigenvalue weighted by molar-refractivity contribution is 0.273. The van der Waals surface area contributed by atoms with Gasteiger partial charge < -0.3 is 9.64 Å². The molecule has 1 saturated carbocycles. The van der Waals surface area contributed by atoms with Gasteiger partial charge >= 0.3 is 0 Å². The van der Waals surface area contributed by atoms with Gasteiger partial charge in [0, 0.05) is 10.4 Å². The zero-order chi connectivity index (χ0) is 23.5. The van der Waals surface area contributed by atoms with Crippen LogP contribution < -0.4 is 9.64 Å². The molecule has 1 unspecified atom stereocenters. The Labute approximate surface area is 204 Å². The largest absolute Gasteiger partial charge is 0.496 e. The van der Waals surface area contributed by atoms with Crippen LogP contribution in [-0.4, -0.2) is 18.6 Å². The van der Waals surface area contributed by atoms with Crippen LogP contribution in [0, 0.1) is 37.9 Å². The number of hydrogen-bond donors (Lipinski definition) is 0. The van der Waals surface area contributed by atoms with Crippen molar-refractivity contribution in [2.24, 2.45) is 5.92 Å². The van der Waals surface area contributed by atoms with Crippen molar-refractivity contribution in [1.82, 2.24) is 4.98 Å². The van der Waals surface area contributed by atoms with E-state index in [1.165, 1.54) is 31.4 Å². The smallest absolute Gasteiger partial charge is 0.187 e. The van der Waals surface area contributed by atoms with Crippen LogP contribution in [0.3, 0.4) is 0 Å². The number of hydrogen-bond acceptors (Lipinski definition) is 4. The Bertz CT molecular complexity index is 1160. The molecule has 0 radical (unpaired) electrons. The quantitative estimate of drug-likeness (QED) is 0.309. The van der Waals surface area contributed by atoms with Crippen molar-refractivity contribution in [3.8, 4) is 29.4 Å². The molecule has 3 aromatic rings. The van der Waals surface area contributed by atoms with Gasteiger partial charge in [-0.15, -0.1) is 17.8 Å².